The van der Waals surface area contributed by atoms with Crippen LogP contribution in [0.15, 0.2) is 36.4 Å². The Hall–Kier alpha value is -2.14. The zero-order chi connectivity index (χ0) is 14.7. The maximum atomic E-state index is 13.6. The van der Waals surface area contributed by atoms with Gasteiger partial charge >= 0.3 is 5.97 Å². The third-order valence-electron chi connectivity index (χ3n) is 2.58. The molecule has 6 heteroatoms. The second-order valence-corrected chi connectivity index (χ2v) is 4.36. The van der Waals surface area contributed by atoms with Gasteiger partial charge in [0.25, 0.3) is 0 Å². The first-order valence-electron chi connectivity index (χ1n) is 5.57. The van der Waals surface area contributed by atoms with Crippen molar-refractivity contribution in [3.05, 3.63) is 64.2 Å². The lowest BCUT2D eigenvalue weighted by molar-refractivity contribution is 0.0695. The van der Waals surface area contributed by atoms with Crippen LogP contribution < -0.4 is 4.74 Å². The molecule has 2 aromatic rings. The summed E-state index contributed by atoms with van der Waals surface area (Å²) in [7, 11) is 0. The van der Waals surface area contributed by atoms with Crippen LogP contribution in [0.25, 0.3) is 0 Å². The van der Waals surface area contributed by atoms with Gasteiger partial charge in [-0.1, -0.05) is 29.8 Å². The molecule has 3 nitrogen and oxygen atoms in total. The number of aromatic carboxylic acids is 1. The van der Waals surface area contributed by atoms with E-state index in [0.717, 1.165) is 0 Å². The maximum Gasteiger partial charge on any atom is 0.335 e. The van der Waals surface area contributed by atoms with Crippen molar-refractivity contribution in [3.63, 3.8) is 0 Å². The van der Waals surface area contributed by atoms with Crippen molar-refractivity contribution in [2.45, 2.75) is 6.61 Å². The average molecular weight is 299 g/mol. The summed E-state index contributed by atoms with van der Waals surface area (Å²) < 4.78 is 32.3. The quantitative estimate of drug-likeness (QED) is 0.931. The highest BCUT2D eigenvalue weighted by atomic mass is 35.5. The fraction of sp³-hybridized carbons (Fsp3) is 0.0714. The summed E-state index contributed by atoms with van der Waals surface area (Å²) in [5.74, 6) is -4.20. The molecule has 0 saturated heterocycles. The Labute approximate surface area is 118 Å². The van der Waals surface area contributed by atoms with E-state index in [0.29, 0.717) is 22.7 Å². The maximum absolute atomic E-state index is 13.6. The molecule has 0 aliphatic rings. The van der Waals surface area contributed by atoms with E-state index in [1.807, 2.05) is 0 Å². The minimum Gasteiger partial charge on any atom is -0.483 e. The molecule has 0 heterocycles. The third kappa shape index (κ3) is 3.05. The molecule has 1 N–H and O–H groups in total. The van der Waals surface area contributed by atoms with E-state index in [4.69, 9.17) is 21.4 Å². The van der Waals surface area contributed by atoms with Crippen molar-refractivity contribution in [1.29, 1.82) is 0 Å². The molecule has 0 aromatic heterocycles. The largest absolute Gasteiger partial charge is 0.483 e. The molecule has 0 bridgehead atoms. The van der Waals surface area contributed by atoms with Crippen LogP contribution in [0.2, 0.25) is 5.02 Å². The van der Waals surface area contributed by atoms with Gasteiger partial charge < -0.3 is 9.84 Å². The standard InChI is InChI=1S/C14H9ClF2O3/c15-10-4-2-1-3-8(10)7-20-13-11(16)5-9(14(18)19)6-12(13)17/h1-6H,7H2,(H,18,19). The van der Waals surface area contributed by atoms with Gasteiger partial charge in [0, 0.05) is 10.6 Å². The highest BCUT2D eigenvalue weighted by Gasteiger charge is 2.16. The molecule has 0 fully saturated rings. The number of carboxylic acid groups (broad SMARTS) is 1. The first-order chi connectivity index (χ1) is 9.49. The highest BCUT2D eigenvalue weighted by molar-refractivity contribution is 6.31. The minimum atomic E-state index is -1.42. The Morgan fingerprint density at radius 3 is 2.35 bits per heavy atom. The van der Waals surface area contributed by atoms with Crippen LogP contribution >= 0.6 is 11.6 Å². The molecule has 0 atom stereocenters. The number of hydrogen-bond acceptors (Lipinski definition) is 2. The molecule has 2 rings (SSSR count). The smallest absolute Gasteiger partial charge is 0.335 e. The van der Waals surface area contributed by atoms with Gasteiger partial charge in [0.05, 0.1) is 5.56 Å². The average Bonchev–Trinajstić information content (AvgIpc) is 2.39. The first kappa shape index (κ1) is 14.3. The van der Waals surface area contributed by atoms with Gasteiger partial charge in [-0.2, -0.15) is 0 Å². The Kier molecular flexibility index (Phi) is 4.20. The summed E-state index contributed by atoms with van der Waals surface area (Å²) in [4.78, 5) is 10.6. The Morgan fingerprint density at radius 2 is 1.80 bits per heavy atom. The summed E-state index contributed by atoms with van der Waals surface area (Å²) in [6.07, 6.45) is 0. The van der Waals surface area contributed by atoms with Crippen LogP contribution in [-0.4, -0.2) is 11.1 Å². The lowest BCUT2D eigenvalue weighted by atomic mass is 10.2. The summed E-state index contributed by atoms with van der Waals surface area (Å²) >= 11 is 5.89. The molecule has 0 aliphatic heterocycles. The fourth-order valence-corrected chi connectivity index (χ4v) is 1.78. The van der Waals surface area contributed by atoms with Gasteiger partial charge in [-0.3, -0.25) is 0 Å². The summed E-state index contributed by atoms with van der Waals surface area (Å²) in [5, 5.41) is 9.09. The number of rotatable bonds is 4. The number of ether oxygens (including phenoxy) is 1. The number of hydrogen-bond donors (Lipinski definition) is 1. The van der Waals surface area contributed by atoms with E-state index in [1.165, 1.54) is 0 Å². The molecule has 20 heavy (non-hydrogen) atoms. The van der Waals surface area contributed by atoms with Crippen molar-refractivity contribution < 1.29 is 23.4 Å². The second-order valence-electron chi connectivity index (χ2n) is 3.95. The Balaban J connectivity index is 2.22. The number of benzene rings is 2. The Bertz CT molecular complexity index is 636. The molecular formula is C14H9ClF2O3. The lowest BCUT2D eigenvalue weighted by Gasteiger charge is -2.10. The van der Waals surface area contributed by atoms with Gasteiger partial charge in [0.2, 0.25) is 0 Å². The fourth-order valence-electron chi connectivity index (χ4n) is 1.59. The monoisotopic (exact) mass is 298 g/mol. The topological polar surface area (TPSA) is 46.5 Å². The van der Waals surface area contributed by atoms with Gasteiger partial charge in [-0.05, 0) is 18.2 Å². The normalized spacial score (nSPS) is 10.3. The predicted octanol–water partition coefficient (Wildman–Crippen LogP) is 3.90. The molecule has 2 aromatic carbocycles. The van der Waals surface area contributed by atoms with Gasteiger partial charge in [0.15, 0.2) is 17.4 Å². The predicted molar refractivity (Wildman–Crippen MR) is 69.1 cm³/mol. The van der Waals surface area contributed by atoms with E-state index in [-0.39, 0.29) is 6.61 Å². The Morgan fingerprint density at radius 1 is 1.20 bits per heavy atom. The van der Waals surface area contributed by atoms with Crippen LogP contribution in [0, 0.1) is 11.6 Å². The molecule has 0 spiro atoms. The summed E-state index contributed by atoms with van der Waals surface area (Å²) in [5.41, 5.74) is 0.0837. The molecule has 0 radical (unpaired) electrons. The van der Waals surface area contributed by atoms with Gasteiger partial charge in [-0.25, -0.2) is 13.6 Å². The SMILES string of the molecule is O=C(O)c1cc(F)c(OCc2ccccc2Cl)c(F)c1. The van der Waals surface area contributed by atoms with E-state index in [2.05, 4.69) is 0 Å². The summed E-state index contributed by atoms with van der Waals surface area (Å²) in [6.45, 7) is -0.125. The van der Waals surface area contributed by atoms with Crippen molar-refractivity contribution in [1.82, 2.24) is 0 Å². The third-order valence-corrected chi connectivity index (χ3v) is 2.94. The molecule has 0 unspecified atom stereocenters. The van der Waals surface area contributed by atoms with Crippen LogP contribution in [-0.2, 0) is 6.61 Å². The van der Waals surface area contributed by atoms with Gasteiger partial charge in [0.1, 0.15) is 6.61 Å². The highest BCUT2D eigenvalue weighted by Crippen LogP contribution is 2.25. The number of carboxylic acids is 1. The van der Waals surface area contributed by atoms with Crippen molar-refractivity contribution >= 4 is 17.6 Å². The van der Waals surface area contributed by atoms with E-state index < -0.39 is 28.9 Å². The second kappa shape index (κ2) is 5.88. The number of carbonyl (C=O) groups is 1. The van der Waals surface area contributed by atoms with Crippen molar-refractivity contribution in [3.8, 4) is 5.75 Å². The number of halogens is 3. The van der Waals surface area contributed by atoms with Crippen LogP contribution in [0.5, 0.6) is 5.75 Å². The van der Waals surface area contributed by atoms with Crippen LogP contribution in [0.4, 0.5) is 8.78 Å². The first-order valence-corrected chi connectivity index (χ1v) is 5.95. The molecular weight excluding hydrogens is 290 g/mol. The summed E-state index contributed by atoms with van der Waals surface area (Å²) in [6, 6.07) is 8.12. The zero-order valence-corrected chi connectivity index (χ0v) is 10.8. The van der Waals surface area contributed by atoms with E-state index in [9.17, 15) is 13.6 Å². The minimum absolute atomic E-state index is 0.125. The van der Waals surface area contributed by atoms with Crippen molar-refractivity contribution in [2.24, 2.45) is 0 Å². The zero-order valence-electron chi connectivity index (χ0n) is 10.1. The molecule has 104 valence electrons. The lowest BCUT2D eigenvalue weighted by Crippen LogP contribution is -2.04. The van der Waals surface area contributed by atoms with E-state index >= 15 is 0 Å². The van der Waals surface area contributed by atoms with Crippen LogP contribution in [0.1, 0.15) is 15.9 Å². The van der Waals surface area contributed by atoms with Gasteiger partial charge in [-0.15, -0.1) is 0 Å². The van der Waals surface area contributed by atoms with Crippen molar-refractivity contribution in [2.75, 3.05) is 0 Å². The van der Waals surface area contributed by atoms with Crippen LogP contribution in [0.3, 0.4) is 0 Å². The van der Waals surface area contributed by atoms with E-state index in [1.54, 1.807) is 24.3 Å². The molecule has 0 aliphatic carbocycles. The molecule has 0 amide bonds. The molecule has 0 saturated carbocycles.